The van der Waals surface area contributed by atoms with Crippen LogP contribution < -0.4 is 10.6 Å². The Morgan fingerprint density at radius 3 is 2.83 bits per heavy atom. The number of rotatable bonds is 6. The van der Waals surface area contributed by atoms with Gasteiger partial charge in [-0.05, 0) is 87.9 Å². The first-order chi connectivity index (χ1) is 20.3. The van der Waals surface area contributed by atoms with E-state index in [-0.39, 0.29) is 42.3 Å². The van der Waals surface area contributed by atoms with Crippen LogP contribution >= 0.6 is 11.6 Å². The van der Waals surface area contributed by atoms with Crippen LogP contribution in [0.4, 0.5) is 0 Å². The van der Waals surface area contributed by atoms with Gasteiger partial charge in [-0.15, -0.1) is 0 Å². The number of halogens is 1. The molecule has 7 atom stereocenters. The summed E-state index contributed by atoms with van der Waals surface area (Å²) < 4.78 is 6.46. The number of fused-ring (bicyclic) bond motifs is 2. The number of likely N-dealkylation sites (tertiary alicyclic amines) is 1. The maximum Gasteiger partial charge on any atom is 0.246 e. The van der Waals surface area contributed by atoms with Crippen LogP contribution in [0.5, 0.6) is 0 Å². The first-order valence-corrected chi connectivity index (χ1v) is 15.9. The molecule has 2 aliphatic carbocycles. The number of piperazine rings is 1. The molecule has 1 aromatic carbocycles. The topological polar surface area (TPSA) is 101 Å². The Morgan fingerprint density at radius 1 is 1.21 bits per heavy atom. The molecule has 5 aliphatic rings. The average Bonchev–Trinajstić information content (AvgIpc) is 3.41. The molecule has 6 rings (SSSR count). The second kappa shape index (κ2) is 12.4. The van der Waals surface area contributed by atoms with E-state index in [0.29, 0.717) is 32.3 Å². The number of benzene rings is 1. The average molecular weight is 595 g/mol. The summed E-state index contributed by atoms with van der Waals surface area (Å²) in [4.78, 5) is 33.6. The molecule has 226 valence electrons. The molecule has 6 unspecified atom stereocenters. The van der Waals surface area contributed by atoms with Crippen molar-refractivity contribution in [2.75, 3.05) is 39.8 Å². The number of carbonyl (C=O) groups excluding carboxylic acids is 2. The van der Waals surface area contributed by atoms with Gasteiger partial charge < -0.3 is 14.5 Å². The number of nitrogens with zero attached hydrogens (tertiary/aromatic N) is 4. The summed E-state index contributed by atoms with van der Waals surface area (Å²) in [6, 6.07) is 8.18. The number of aryl methyl sites for hydroxylation is 1. The molecule has 1 saturated carbocycles. The maximum atomic E-state index is 14.6. The SMILES string of the molecule is C=CC(=O)N1CCN(C2NC(OCC3CCCN3C)NC3C(=O)[C@@]4(CCc5ccc(Cl)cc5C4)CCC32)CC1CC#N. The predicted octanol–water partition coefficient (Wildman–Crippen LogP) is 2.69. The number of hydrogen-bond acceptors (Lipinski definition) is 8. The summed E-state index contributed by atoms with van der Waals surface area (Å²) in [5, 5.41) is 17.6. The molecule has 1 amide bonds. The molecule has 3 heterocycles. The van der Waals surface area contributed by atoms with Crippen molar-refractivity contribution < 1.29 is 14.3 Å². The van der Waals surface area contributed by atoms with Crippen molar-refractivity contribution in [2.24, 2.45) is 11.3 Å². The molecule has 4 fully saturated rings. The number of Topliss-reactive ketones (excluding diaryl/α,β-unsaturated/α-hetero) is 1. The Labute approximate surface area is 254 Å². The third-order valence-corrected chi connectivity index (χ3v) is 10.9. The highest BCUT2D eigenvalue weighted by molar-refractivity contribution is 6.30. The Kier molecular flexibility index (Phi) is 8.75. The van der Waals surface area contributed by atoms with Gasteiger partial charge >= 0.3 is 0 Å². The lowest BCUT2D eigenvalue weighted by molar-refractivity contribution is -0.154. The van der Waals surface area contributed by atoms with Gasteiger partial charge in [0.05, 0.1) is 37.3 Å². The number of ketones is 1. The molecule has 0 aromatic heterocycles. The molecule has 3 saturated heterocycles. The summed E-state index contributed by atoms with van der Waals surface area (Å²) in [5.41, 5.74) is 2.10. The standard InChI is InChI=1S/C32H43ClN6O3/c1-3-27(40)39-16-15-38(19-24(39)10-13-34)30-26-9-12-32(11-8-21-6-7-23(33)17-22(21)18-32)29(41)28(26)35-31(36-30)42-20-25-5-4-14-37(25)2/h3,6-7,17,24-26,28,30-31,35-36H,1,4-5,8-12,14-16,18-20H2,2H3/t24?,25?,26?,28?,30?,31?,32-/m0/s1. The Bertz CT molecular complexity index is 1250. The highest BCUT2D eigenvalue weighted by atomic mass is 35.5. The number of ether oxygens (including phenoxy) is 1. The van der Waals surface area contributed by atoms with Gasteiger partial charge in [-0.3, -0.25) is 25.1 Å². The number of likely N-dealkylation sites (N-methyl/N-ethyl adjacent to an activating group) is 1. The van der Waals surface area contributed by atoms with E-state index in [1.54, 1.807) is 4.90 Å². The fourth-order valence-electron chi connectivity index (χ4n) is 8.23. The maximum absolute atomic E-state index is 14.6. The summed E-state index contributed by atoms with van der Waals surface area (Å²) >= 11 is 6.37. The highest BCUT2D eigenvalue weighted by Crippen LogP contribution is 2.48. The third-order valence-electron chi connectivity index (χ3n) is 10.6. The van der Waals surface area contributed by atoms with Gasteiger partial charge in [0.2, 0.25) is 5.91 Å². The zero-order valence-corrected chi connectivity index (χ0v) is 25.3. The molecule has 2 N–H and O–H groups in total. The van der Waals surface area contributed by atoms with Gasteiger partial charge in [-0.25, -0.2) is 0 Å². The number of amides is 1. The van der Waals surface area contributed by atoms with Gasteiger partial charge in [0, 0.05) is 42.0 Å². The normalized spacial score (nSPS) is 35.5. The quantitative estimate of drug-likeness (QED) is 0.485. The Morgan fingerprint density at radius 2 is 2.07 bits per heavy atom. The van der Waals surface area contributed by atoms with Gasteiger partial charge in [0.15, 0.2) is 12.1 Å². The molecule has 0 bridgehead atoms. The zero-order chi connectivity index (χ0) is 29.4. The van der Waals surface area contributed by atoms with Crippen LogP contribution in [0.2, 0.25) is 5.02 Å². The van der Waals surface area contributed by atoms with Crippen molar-refractivity contribution in [3.8, 4) is 6.07 Å². The minimum absolute atomic E-state index is 0.0577. The first kappa shape index (κ1) is 29.7. The Hall–Kier alpha value is -2.32. The number of nitrogens with one attached hydrogen (secondary N) is 2. The molecule has 9 nitrogen and oxygen atoms in total. The van der Waals surface area contributed by atoms with Crippen LogP contribution in [-0.2, 0) is 27.2 Å². The van der Waals surface area contributed by atoms with Crippen molar-refractivity contribution in [1.82, 2.24) is 25.3 Å². The van der Waals surface area contributed by atoms with Crippen molar-refractivity contribution in [2.45, 2.75) is 82.0 Å². The molecule has 0 radical (unpaired) electrons. The first-order valence-electron chi connectivity index (χ1n) is 15.5. The number of hydrogen-bond donors (Lipinski definition) is 2. The molecule has 10 heteroatoms. The molecule has 42 heavy (non-hydrogen) atoms. The van der Waals surface area contributed by atoms with E-state index in [1.165, 1.54) is 23.6 Å². The van der Waals surface area contributed by atoms with Crippen molar-refractivity contribution in [3.05, 3.63) is 47.0 Å². The molecular formula is C32H43ClN6O3. The minimum atomic E-state index is -0.461. The van der Waals surface area contributed by atoms with E-state index in [0.717, 1.165) is 50.1 Å². The summed E-state index contributed by atoms with van der Waals surface area (Å²) in [6.07, 6.45) is 7.53. The van der Waals surface area contributed by atoms with E-state index in [4.69, 9.17) is 16.3 Å². The third kappa shape index (κ3) is 5.66. The van der Waals surface area contributed by atoms with Gasteiger partial charge in [0.25, 0.3) is 0 Å². The smallest absolute Gasteiger partial charge is 0.246 e. The number of carbonyl (C=O) groups is 2. The number of nitriles is 1. The lowest BCUT2D eigenvalue weighted by Gasteiger charge is -2.55. The molecule has 1 spiro atoms. The van der Waals surface area contributed by atoms with Gasteiger partial charge in [0.1, 0.15) is 0 Å². The summed E-state index contributed by atoms with van der Waals surface area (Å²) in [5.74, 6) is 0.208. The van der Waals surface area contributed by atoms with Crippen LogP contribution in [-0.4, -0.2) is 96.9 Å². The van der Waals surface area contributed by atoms with Gasteiger partial charge in [-0.2, -0.15) is 5.26 Å². The molecule has 3 aliphatic heterocycles. The van der Waals surface area contributed by atoms with Crippen molar-refractivity contribution in [3.63, 3.8) is 0 Å². The van der Waals surface area contributed by atoms with Crippen molar-refractivity contribution >= 4 is 23.3 Å². The van der Waals surface area contributed by atoms with E-state index in [9.17, 15) is 14.9 Å². The minimum Gasteiger partial charge on any atom is -0.348 e. The second-order valence-corrected chi connectivity index (χ2v) is 13.4. The van der Waals surface area contributed by atoms with E-state index >= 15 is 0 Å². The fourth-order valence-corrected chi connectivity index (χ4v) is 8.42. The van der Waals surface area contributed by atoms with Crippen molar-refractivity contribution in [1.29, 1.82) is 5.26 Å². The molecular weight excluding hydrogens is 552 g/mol. The van der Waals surface area contributed by atoms with E-state index in [1.807, 2.05) is 12.1 Å². The van der Waals surface area contributed by atoms with E-state index < -0.39 is 11.8 Å². The van der Waals surface area contributed by atoms with Crippen LogP contribution in [0.3, 0.4) is 0 Å². The Balaban J connectivity index is 1.24. The zero-order valence-electron chi connectivity index (χ0n) is 24.6. The lowest BCUT2D eigenvalue weighted by atomic mass is 9.59. The van der Waals surface area contributed by atoms with Crippen LogP contribution in [0, 0.1) is 22.7 Å². The highest BCUT2D eigenvalue weighted by Gasteiger charge is 2.55. The fraction of sp³-hybridized carbons (Fsp3) is 0.656. The summed E-state index contributed by atoms with van der Waals surface area (Å²) in [7, 11) is 2.14. The predicted molar refractivity (Wildman–Crippen MR) is 160 cm³/mol. The van der Waals surface area contributed by atoms with Crippen LogP contribution in [0.25, 0.3) is 0 Å². The second-order valence-electron chi connectivity index (χ2n) is 12.9. The van der Waals surface area contributed by atoms with Crippen LogP contribution in [0.1, 0.15) is 49.7 Å². The summed E-state index contributed by atoms with van der Waals surface area (Å²) in [6.45, 7) is 7.07. The van der Waals surface area contributed by atoms with E-state index in [2.05, 4.69) is 46.2 Å². The monoisotopic (exact) mass is 594 g/mol. The van der Waals surface area contributed by atoms with Gasteiger partial charge in [-0.1, -0.05) is 24.2 Å². The largest absolute Gasteiger partial charge is 0.348 e. The lowest BCUT2D eigenvalue weighted by Crippen LogP contribution is -2.74. The molecule has 1 aromatic rings. The van der Waals surface area contributed by atoms with Crippen LogP contribution in [0.15, 0.2) is 30.9 Å².